The Balaban J connectivity index is 2.03. The van der Waals surface area contributed by atoms with E-state index in [1.165, 1.54) is 24.3 Å². The van der Waals surface area contributed by atoms with Gasteiger partial charge >= 0.3 is 0 Å². The molecule has 2 rings (SSSR count). The Morgan fingerprint density at radius 3 is 2.89 bits per heavy atom. The van der Waals surface area contributed by atoms with E-state index in [2.05, 4.69) is 10.4 Å². The van der Waals surface area contributed by atoms with Crippen LogP contribution >= 0.6 is 0 Å². The van der Waals surface area contributed by atoms with Gasteiger partial charge in [-0.05, 0) is 12.1 Å². The van der Waals surface area contributed by atoms with Gasteiger partial charge in [0, 0.05) is 30.9 Å². The van der Waals surface area contributed by atoms with E-state index in [1.54, 1.807) is 24.0 Å². The molecule has 0 fully saturated rings. The van der Waals surface area contributed by atoms with E-state index in [0.717, 1.165) is 5.69 Å². The lowest BCUT2D eigenvalue weighted by Crippen LogP contribution is -2.23. The number of amides is 1. The Morgan fingerprint density at radius 1 is 1.47 bits per heavy atom. The van der Waals surface area contributed by atoms with E-state index >= 15 is 0 Å². The number of carbonyl (C=O) groups excluding carboxylic acids is 1. The molecule has 1 aromatic carbocycles. The summed E-state index contributed by atoms with van der Waals surface area (Å²) in [6, 6.07) is 7.38. The highest BCUT2D eigenvalue weighted by Gasteiger charge is 2.11. The monoisotopic (exact) mass is 260 g/mol. The molecule has 0 atom stereocenters. The van der Waals surface area contributed by atoms with Gasteiger partial charge in [0.15, 0.2) is 0 Å². The lowest BCUT2D eigenvalue weighted by atomic mass is 10.2. The summed E-state index contributed by atoms with van der Waals surface area (Å²) in [4.78, 5) is 21.9. The molecule has 98 valence electrons. The maximum atomic E-state index is 11.8. The highest BCUT2D eigenvalue weighted by Crippen LogP contribution is 2.12. The summed E-state index contributed by atoms with van der Waals surface area (Å²) in [5.41, 5.74) is 0.872. The van der Waals surface area contributed by atoms with Crippen LogP contribution < -0.4 is 5.32 Å². The number of carbonyl (C=O) groups is 1. The molecule has 0 aliphatic rings. The molecule has 7 heteroatoms. The summed E-state index contributed by atoms with van der Waals surface area (Å²) in [6.07, 6.45) is 1.77. The fraction of sp³-hybridized carbons (Fsp3) is 0.167. The zero-order valence-electron chi connectivity index (χ0n) is 10.2. The van der Waals surface area contributed by atoms with Crippen molar-refractivity contribution in [2.24, 2.45) is 7.05 Å². The number of benzene rings is 1. The van der Waals surface area contributed by atoms with Crippen LogP contribution in [0.1, 0.15) is 16.1 Å². The number of aryl methyl sites for hydroxylation is 1. The molecule has 1 heterocycles. The van der Waals surface area contributed by atoms with Gasteiger partial charge in [0.25, 0.3) is 11.6 Å². The SMILES string of the molecule is Cn1ccc(CNC(=O)c2cccc([N+](=O)[O-])c2)n1. The summed E-state index contributed by atoms with van der Waals surface area (Å²) in [5.74, 6) is -0.366. The number of nitro benzene ring substituents is 1. The fourth-order valence-corrected chi connectivity index (χ4v) is 1.59. The van der Waals surface area contributed by atoms with Crippen molar-refractivity contribution in [3.05, 3.63) is 57.9 Å². The number of hydrogen-bond acceptors (Lipinski definition) is 4. The number of rotatable bonds is 4. The Hall–Kier alpha value is -2.70. The van der Waals surface area contributed by atoms with Crippen molar-refractivity contribution in [2.45, 2.75) is 6.54 Å². The lowest BCUT2D eigenvalue weighted by Gasteiger charge is -2.03. The Bertz CT molecular complexity index is 621. The van der Waals surface area contributed by atoms with Gasteiger partial charge in [0.2, 0.25) is 0 Å². The van der Waals surface area contributed by atoms with Crippen LogP contribution in [0.25, 0.3) is 0 Å². The molecule has 1 N–H and O–H groups in total. The second-order valence-electron chi connectivity index (χ2n) is 3.97. The van der Waals surface area contributed by atoms with Gasteiger partial charge in [-0.25, -0.2) is 0 Å². The van der Waals surface area contributed by atoms with Crippen molar-refractivity contribution < 1.29 is 9.72 Å². The average molecular weight is 260 g/mol. The third-order valence-electron chi connectivity index (χ3n) is 2.52. The van der Waals surface area contributed by atoms with Gasteiger partial charge < -0.3 is 5.32 Å². The summed E-state index contributed by atoms with van der Waals surface area (Å²) in [6.45, 7) is 0.280. The molecule has 0 saturated heterocycles. The van der Waals surface area contributed by atoms with E-state index in [9.17, 15) is 14.9 Å². The normalized spacial score (nSPS) is 10.2. The van der Waals surface area contributed by atoms with Crippen LogP contribution in [0.3, 0.4) is 0 Å². The predicted octanol–water partition coefficient (Wildman–Crippen LogP) is 1.26. The van der Waals surface area contributed by atoms with Crippen molar-refractivity contribution in [2.75, 3.05) is 0 Å². The van der Waals surface area contributed by atoms with Gasteiger partial charge in [0.05, 0.1) is 17.2 Å². The minimum absolute atomic E-state index is 0.106. The molecular weight excluding hydrogens is 248 g/mol. The Morgan fingerprint density at radius 2 is 2.26 bits per heavy atom. The molecule has 1 aromatic heterocycles. The molecule has 0 aliphatic heterocycles. The molecule has 7 nitrogen and oxygen atoms in total. The van der Waals surface area contributed by atoms with Crippen molar-refractivity contribution in [3.63, 3.8) is 0 Å². The topological polar surface area (TPSA) is 90.1 Å². The smallest absolute Gasteiger partial charge is 0.270 e. The largest absolute Gasteiger partial charge is 0.346 e. The van der Waals surface area contributed by atoms with Crippen LogP contribution in [0.5, 0.6) is 0 Å². The van der Waals surface area contributed by atoms with Crippen molar-refractivity contribution in [1.29, 1.82) is 0 Å². The van der Waals surface area contributed by atoms with E-state index in [1.807, 2.05) is 0 Å². The first-order valence-corrected chi connectivity index (χ1v) is 5.57. The van der Waals surface area contributed by atoms with Crippen LogP contribution in [-0.2, 0) is 13.6 Å². The molecule has 0 aliphatic carbocycles. The molecule has 19 heavy (non-hydrogen) atoms. The van der Waals surface area contributed by atoms with Gasteiger partial charge in [-0.1, -0.05) is 6.07 Å². The predicted molar refractivity (Wildman–Crippen MR) is 67.5 cm³/mol. The Kier molecular flexibility index (Phi) is 3.56. The van der Waals surface area contributed by atoms with Gasteiger partial charge in [0.1, 0.15) is 0 Å². The maximum Gasteiger partial charge on any atom is 0.270 e. The standard InChI is InChI=1S/C12H12N4O3/c1-15-6-5-10(14-15)8-13-12(17)9-3-2-4-11(7-9)16(18)19/h2-7H,8H2,1H3,(H,13,17). The average Bonchev–Trinajstić information content (AvgIpc) is 2.82. The van der Waals surface area contributed by atoms with Crippen LogP contribution in [-0.4, -0.2) is 20.6 Å². The summed E-state index contributed by atoms with van der Waals surface area (Å²) >= 11 is 0. The van der Waals surface area contributed by atoms with Crippen LogP contribution in [0.15, 0.2) is 36.5 Å². The van der Waals surface area contributed by atoms with Crippen molar-refractivity contribution >= 4 is 11.6 Å². The zero-order valence-corrected chi connectivity index (χ0v) is 10.2. The van der Waals surface area contributed by atoms with Crippen LogP contribution in [0.4, 0.5) is 5.69 Å². The van der Waals surface area contributed by atoms with E-state index in [0.29, 0.717) is 0 Å². The van der Waals surface area contributed by atoms with Crippen molar-refractivity contribution in [1.82, 2.24) is 15.1 Å². The highest BCUT2D eigenvalue weighted by atomic mass is 16.6. The summed E-state index contributed by atoms with van der Waals surface area (Å²) < 4.78 is 1.63. The van der Waals surface area contributed by atoms with Gasteiger partial charge in [-0.3, -0.25) is 19.6 Å². The first kappa shape index (κ1) is 12.7. The number of non-ortho nitro benzene ring substituents is 1. The molecule has 0 saturated carbocycles. The zero-order chi connectivity index (χ0) is 13.8. The first-order chi connectivity index (χ1) is 9.06. The number of nitrogens with one attached hydrogen (secondary N) is 1. The minimum atomic E-state index is -0.532. The van der Waals surface area contributed by atoms with E-state index in [4.69, 9.17) is 0 Å². The van der Waals surface area contributed by atoms with Crippen LogP contribution in [0.2, 0.25) is 0 Å². The second-order valence-corrected chi connectivity index (χ2v) is 3.97. The fourth-order valence-electron chi connectivity index (χ4n) is 1.59. The van der Waals surface area contributed by atoms with E-state index < -0.39 is 4.92 Å². The van der Waals surface area contributed by atoms with Crippen LogP contribution in [0, 0.1) is 10.1 Å². The van der Waals surface area contributed by atoms with Gasteiger partial charge in [-0.2, -0.15) is 5.10 Å². The summed E-state index contributed by atoms with van der Waals surface area (Å²) in [5, 5.41) is 17.4. The third-order valence-corrected chi connectivity index (χ3v) is 2.52. The molecule has 0 unspecified atom stereocenters. The molecule has 1 amide bonds. The summed E-state index contributed by atoms with van der Waals surface area (Å²) in [7, 11) is 1.78. The molecular formula is C12H12N4O3. The lowest BCUT2D eigenvalue weighted by molar-refractivity contribution is -0.384. The minimum Gasteiger partial charge on any atom is -0.346 e. The number of hydrogen-bond donors (Lipinski definition) is 1. The van der Waals surface area contributed by atoms with Gasteiger partial charge in [-0.15, -0.1) is 0 Å². The molecule has 0 bridgehead atoms. The quantitative estimate of drug-likeness (QED) is 0.661. The third kappa shape index (κ3) is 3.15. The number of aromatic nitrogens is 2. The highest BCUT2D eigenvalue weighted by molar-refractivity contribution is 5.94. The van der Waals surface area contributed by atoms with Crippen molar-refractivity contribution in [3.8, 4) is 0 Å². The maximum absolute atomic E-state index is 11.8. The number of nitrogens with zero attached hydrogens (tertiary/aromatic N) is 3. The number of nitro groups is 1. The Labute approximate surface area is 109 Å². The molecule has 0 radical (unpaired) electrons. The second kappa shape index (κ2) is 5.30. The van der Waals surface area contributed by atoms with E-state index in [-0.39, 0.29) is 23.7 Å². The molecule has 0 spiro atoms. The first-order valence-electron chi connectivity index (χ1n) is 5.57. The molecule has 2 aromatic rings.